The number of rotatable bonds is 3. The summed E-state index contributed by atoms with van der Waals surface area (Å²) in [5.74, 6) is -0.116. The molecule has 1 fully saturated rings. The minimum absolute atomic E-state index is 0.0142. The maximum Gasteiger partial charge on any atom is 0.416 e. The lowest BCUT2D eigenvalue weighted by molar-refractivity contribution is -0.138. The molecule has 1 unspecified atom stereocenters. The standard InChI is InChI=1S/C15H19F3N2O/c1-19-13-6-3-7-20(10-13)14(21)9-11-4-2-5-12(8-11)15(16,17)18/h2,4-5,8,13,19H,3,6-7,9-10H2,1H3. The van der Waals surface area contributed by atoms with E-state index in [1.165, 1.54) is 6.07 Å². The second kappa shape index (κ2) is 6.47. The first-order valence-electron chi connectivity index (χ1n) is 7.01. The van der Waals surface area contributed by atoms with E-state index in [1.807, 2.05) is 7.05 Å². The van der Waals surface area contributed by atoms with Gasteiger partial charge in [-0.2, -0.15) is 13.2 Å². The second-order valence-corrected chi connectivity index (χ2v) is 5.34. The molecule has 1 aromatic carbocycles. The molecule has 1 saturated heterocycles. The Morgan fingerprint density at radius 2 is 2.19 bits per heavy atom. The van der Waals surface area contributed by atoms with Crippen LogP contribution in [0, 0.1) is 0 Å². The maximum atomic E-state index is 12.7. The van der Waals surface area contributed by atoms with Gasteiger partial charge in [0.1, 0.15) is 0 Å². The lowest BCUT2D eigenvalue weighted by Gasteiger charge is -2.32. The van der Waals surface area contributed by atoms with Gasteiger partial charge >= 0.3 is 6.18 Å². The highest BCUT2D eigenvalue weighted by atomic mass is 19.4. The van der Waals surface area contributed by atoms with Gasteiger partial charge < -0.3 is 10.2 Å². The van der Waals surface area contributed by atoms with Crippen LogP contribution in [0.3, 0.4) is 0 Å². The Bertz CT molecular complexity index is 502. The van der Waals surface area contributed by atoms with Crippen molar-refractivity contribution >= 4 is 5.91 Å². The predicted octanol–water partition coefficient (Wildman–Crippen LogP) is 2.46. The minimum Gasteiger partial charge on any atom is -0.341 e. The molecule has 1 heterocycles. The minimum atomic E-state index is -4.37. The van der Waals surface area contributed by atoms with Gasteiger partial charge in [0.25, 0.3) is 0 Å². The molecule has 0 bridgehead atoms. The van der Waals surface area contributed by atoms with Crippen LogP contribution in [-0.4, -0.2) is 37.0 Å². The number of nitrogens with zero attached hydrogens (tertiary/aromatic N) is 1. The molecule has 3 nitrogen and oxygen atoms in total. The van der Waals surface area contributed by atoms with Crippen molar-refractivity contribution < 1.29 is 18.0 Å². The SMILES string of the molecule is CNC1CCCN(C(=O)Cc2cccc(C(F)(F)F)c2)C1. The van der Waals surface area contributed by atoms with E-state index in [9.17, 15) is 18.0 Å². The zero-order chi connectivity index (χ0) is 15.5. The summed E-state index contributed by atoms with van der Waals surface area (Å²) in [6.45, 7) is 1.30. The van der Waals surface area contributed by atoms with E-state index >= 15 is 0 Å². The van der Waals surface area contributed by atoms with Gasteiger partial charge in [-0.1, -0.05) is 18.2 Å². The van der Waals surface area contributed by atoms with Gasteiger partial charge in [0.15, 0.2) is 0 Å². The largest absolute Gasteiger partial charge is 0.416 e. The van der Waals surface area contributed by atoms with Crippen LogP contribution in [0.15, 0.2) is 24.3 Å². The Balaban J connectivity index is 2.02. The van der Waals surface area contributed by atoms with Gasteiger partial charge in [-0.25, -0.2) is 0 Å². The molecule has 0 aliphatic carbocycles. The third kappa shape index (κ3) is 4.20. The molecule has 0 saturated carbocycles. The highest BCUT2D eigenvalue weighted by Crippen LogP contribution is 2.29. The first-order chi connectivity index (χ1) is 9.90. The number of carbonyl (C=O) groups is 1. The number of likely N-dealkylation sites (tertiary alicyclic amines) is 1. The quantitative estimate of drug-likeness (QED) is 0.930. The monoisotopic (exact) mass is 300 g/mol. The van der Waals surface area contributed by atoms with E-state index in [0.29, 0.717) is 18.7 Å². The summed E-state index contributed by atoms with van der Waals surface area (Å²) >= 11 is 0. The second-order valence-electron chi connectivity index (χ2n) is 5.34. The molecular weight excluding hydrogens is 281 g/mol. The zero-order valence-electron chi connectivity index (χ0n) is 11.9. The molecular formula is C15H19F3N2O. The predicted molar refractivity (Wildman–Crippen MR) is 73.8 cm³/mol. The van der Waals surface area contributed by atoms with Gasteiger partial charge in [-0.3, -0.25) is 4.79 Å². The van der Waals surface area contributed by atoms with Gasteiger partial charge in [0.05, 0.1) is 12.0 Å². The summed E-state index contributed by atoms with van der Waals surface area (Å²) in [4.78, 5) is 13.9. The van der Waals surface area contributed by atoms with E-state index in [2.05, 4.69) is 5.32 Å². The van der Waals surface area contributed by atoms with Crippen LogP contribution >= 0.6 is 0 Å². The fourth-order valence-electron chi connectivity index (χ4n) is 2.58. The van der Waals surface area contributed by atoms with E-state index < -0.39 is 11.7 Å². The van der Waals surface area contributed by atoms with Gasteiger partial charge in [-0.15, -0.1) is 0 Å². The molecule has 6 heteroatoms. The number of halogens is 3. The number of likely N-dealkylation sites (N-methyl/N-ethyl adjacent to an activating group) is 1. The molecule has 1 N–H and O–H groups in total. The van der Waals surface area contributed by atoms with Crippen LogP contribution < -0.4 is 5.32 Å². The fraction of sp³-hybridized carbons (Fsp3) is 0.533. The number of alkyl halides is 3. The number of hydrogen-bond donors (Lipinski definition) is 1. The van der Waals surface area contributed by atoms with Gasteiger partial charge in [0.2, 0.25) is 5.91 Å². The molecule has 0 radical (unpaired) electrons. The molecule has 21 heavy (non-hydrogen) atoms. The van der Waals surface area contributed by atoms with Crippen LogP contribution in [0.4, 0.5) is 13.2 Å². The Morgan fingerprint density at radius 1 is 1.43 bits per heavy atom. The van der Waals surface area contributed by atoms with Gasteiger partial charge in [0, 0.05) is 19.1 Å². The van der Waals surface area contributed by atoms with Gasteiger partial charge in [-0.05, 0) is 31.5 Å². The summed E-state index contributed by atoms with van der Waals surface area (Å²) in [5.41, 5.74) is -0.305. The number of benzene rings is 1. The van der Waals surface area contributed by atoms with Crippen LogP contribution in [0.25, 0.3) is 0 Å². The molecule has 1 aliphatic heterocycles. The lowest BCUT2D eigenvalue weighted by Crippen LogP contribution is -2.47. The lowest BCUT2D eigenvalue weighted by atomic mass is 10.0. The van der Waals surface area contributed by atoms with Crippen molar-refractivity contribution in [2.45, 2.75) is 31.5 Å². The van der Waals surface area contributed by atoms with Crippen molar-refractivity contribution in [2.24, 2.45) is 0 Å². The Morgan fingerprint density at radius 3 is 2.86 bits per heavy atom. The van der Waals surface area contributed by atoms with Crippen LogP contribution in [0.2, 0.25) is 0 Å². The van der Waals surface area contributed by atoms with E-state index in [1.54, 1.807) is 11.0 Å². The number of amides is 1. The van der Waals surface area contributed by atoms with Crippen molar-refractivity contribution in [1.82, 2.24) is 10.2 Å². The number of hydrogen-bond acceptors (Lipinski definition) is 2. The number of carbonyl (C=O) groups excluding carboxylic acids is 1. The number of piperidine rings is 1. The highest BCUT2D eigenvalue weighted by molar-refractivity contribution is 5.79. The first-order valence-corrected chi connectivity index (χ1v) is 7.01. The average Bonchev–Trinajstić information content (AvgIpc) is 2.46. The third-order valence-electron chi connectivity index (χ3n) is 3.79. The summed E-state index contributed by atoms with van der Waals surface area (Å²) < 4.78 is 38.0. The Kier molecular flexibility index (Phi) is 4.88. The molecule has 0 aromatic heterocycles. The Labute approximate surface area is 122 Å². The third-order valence-corrected chi connectivity index (χ3v) is 3.79. The first kappa shape index (κ1) is 15.8. The maximum absolute atomic E-state index is 12.7. The molecule has 2 rings (SSSR count). The van der Waals surface area contributed by atoms with Crippen molar-refractivity contribution in [3.05, 3.63) is 35.4 Å². The van der Waals surface area contributed by atoms with E-state index in [0.717, 1.165) is 25.0 Å². The van der Waals surface area contributed by atoms with E-state index in [4.69, 9.17) is 0 Å². The smallest absolute Gasteiger partial charge is 0.341 e. The van der Waals surface area contributed by atoms with Crippen LogP contribution in [0.5, 0.6) is 0 Å². The summed E-state index contributed by atoms with van der Waals surface area (Å²) in [6, 6.07) is 5.25. The van der Waals surface area contributed by atoms with Crippen LogP contribution in [0.1, 0.15) is 24.0 Å². The van der Waals surface area contributed by atoms with Crippen molar-refractivity contribution in [3.8, 4) is 0 Å². The van der Waals surface area contributed by atoms with Crippen molar-refractivity contribution in [3.63, 3.8) is 0 Å². The normalized spacial score (nSPS) is 19.6. The molecule has 1 amide bonds. The van der Waals surface area contributed by atoms with Crippen molar-refractivity contribution in [2.75, 3.05) is 20.1 Å². The van der Waals surface area contributed by atoms with E-state index in [-0.39, 0.29) is 18.4 Å². The molecule has 1 aliphatic rings. The molecule has 116 valence electrons. The van der Waals surface area contributed by atoms with Crippen LogP contribution in [-0.2, 0) is 17.4 Å². The summed E-state index contributed by atoms with van der Waals surface area (Å²) in [5, 5.41) is 3.14. The topological polar surface area (TPSA) is 32.3 Å². The molecule has 1 aromatic rings. The van der Waals surface area contributed by atoms with Crippen molar-refractivity contribution in [1.29, 1.82) is 0 Å². The fourth-order valence-corrected chi connectivity index (χ4v) is 2.58. The molecule has 0 spiro atoms. The average molecular weight is 300 g/mol. The zero-order valence-corrected chi connectivity index (χ0v) is 11.9. The number of nitrogens with one attached hydrogen (secondary N) is 1. The highest BCUT2D eigenvalue weighted by Gasteiger charge is 2.30. The Hall–Kier alpha value is -1.56. The summed E-state index contributed by atoms with van der Waals surface area (Å²) in [6.07, 6.45) is -2.43. The molecule has 1 atom stereocenters. The summed E-state index contributed by atoms with van der Waals surface area (Å²) in [7, 11) is 1.85.